The summed E-state index contributed by atoms with van der Waals surface area (Å²) in [6, 6.07) is 9.79. The average Bonchev–Trinajstić information content (AvgIpc) is 2.73. The van der Waals surface area contributed by atoms with Crippen LogP contribution in [-0.2, 0) is 7.05 Å². The van der Waals surface area contributed by atoms with E-state index < -0.39 is 0 Å². The van der Waals surface area contributed by atoms with Gasteiger partial charge >= 0.3 is 0 Å². The smallest absolute Gasteiger partial charge is 0.232 e. The van der Waals surface area contributed by atoms with Gasteiger partial charge in [0.25, 0.3) is 0 Å². The summed E-state index contributed by atoms with van der Waals surface area (Å²) >= 11 is 6.54. The van der Waals surface area contributed by atoms with E-state index in [1.54, 1.807) is 20.3 Å². The SMILES string of the molecule is CCOc1ccc2c3cc(OC)c(OC)cc(Cl)c-3[n+](C)c2c1.[Cl-]. The second kappa shape index (κ2) is 7.32. The zero-order chi connectivity index (χ0) is 16.6. The van der Waals surface area contributed by atoms with Crippen molar-refractivity contribution in [3.63, 3.8) is 0 Å². The number of hydrogen-bond donors (Lipinski definition) is 0. The molecule has 2 aliphatic rings. The van der Waals surface area contributed by atoms with Crippen molar-refractivity contribution in [2.45, 2.75) is 6.92 Å². The van der Waals surface area contributed by atoms with Crippen molar-refractivity contribution in [1.82, 2.24) is 0 Å². The predicted molar refractivity (Wildman–Crippen MR) is 91.0 cm³/mol. The Bertz CT molecular complexity index is 852. The highest BCUT2D eigenvalue weighted by Gasteiger charge is 2.27. The maximum Gasteiger partial charge on any atom is 0.232 e. The molecular formula is C18H19Cl2NO3. The van der Waals surface area contributed by atoms with Gasteiger partial charge in [-0.3, -0.25) is 0 Å². The van der Waals surface area contributed by atoms with Gasteiger partial charge in [-0.25, -0.2) is 0 Å². The second-order valence-corrected chi connectivity index (χ2v) is 5.61. The molecule has 0 N–H and O–H groups in total. The van der Waals surface area contributed by atoms with Crippen molar-refractivity contribution in [2.24, 2.45) is 7.05 Å². The van der Waals surface area contributed by atoms with Crippen LogP contribution in [0.15, 0.2) is 30.3 Å². The fourth-order valence-corrected chi connectivity index (χ4v) is 3.24. The molecule has 1 aromatic rings. The summed E-state index contributed by atoms with van der Waals surface area (Å²) in [5.41, 5.74) is 2.99. The maximum atomic E-state index is 6.54. The van der Waals surface area contributed by atoms with E-state index in [1.165, 1.54) is 0 Å². The largest absolute Gasteiger partial charge is 1.00 e. The summed E-state index contributed by atoms with van der Waals surface area (Å²) in [6.45, 7) is 2.61. The Hall–Kier alpha value is -1.91. The number of hydrogen-bond acceptors (Lipinski definition) is 3. The minimum Gasteiger partial charge on any atom is -1.00 e. The molecule has 24 heavy (non-hydrogen) atoms. The van der Waals surface area contributed by atoms with Crippen molar-refractivity contribution in [1.29, 1.82) is 0 Å². The van der Waals surface area contributed by atoms with E-state index in [4.69, 9.17) is 25.8 Å². The molecule has 1 aliphatic heterocycles. The van der Waals surface area contributed by atoms with Crippen LogP contribution in [0.1, 0.15) is 6.92 Å². The van der Waals surface area contributed by atoms with E-state index >= 15 is 0 Å². The van der Waals surface area contributed by atoms with Gasteiger partial charge in [0.05, 0.1) is 37.8 Å². The third-order valence-corrected chi connectivity index (χ3v) is 4.25. The third kappa shape index (κ3) is 2.92. The third-order valence-electron chi connectivity index (χ3n) is 3.96. The van der Waals surface area contributed by atoms with E-state index in [0.717, 1.165) is 27.9 Å². The molecule has 1 aliphatic carbocycles. The molecule has 0 amide bonds. The summed E-state index contributed by atoms with van der Waals surface area (Å²) in [6.07, 6.45) is 0. The molecule has 0 fully saturated rings. The molecule has 1 heterocycles. The first kappa shape index (κ1) is 18.4. The molecular weight excluding hydrogens is 349 g/mol. The number of halogens is 2. The summed E-state index contributed by atoms with van der Waals surface area (Å²) in [4.78, 5) is 0. The van der Waals surface area contributed by atoms with Gasteiger partial charge in [0.15, 0.2) is 11.5 Å². The Morgan fingerprint density at radius 3 is 2.33 bits per heavy atom. The van der Waals surface area contributed by atoms with Crippen LogP contribution < -0.4 is 31.2 Å². The lowest BCUT2D eigenvalue weighted by molar-refractivity contribution is -0.631. The molecule has 6 heteroatoms. The van der Waals surface area contributed by atoms with Gasteiger partial charge in [0.1, 0.15) is 17.8 Å². The number of aromatic nitrogens is 1. The topological polar surface area (TPSA) is 31.6 Å². The minimum atomic E-state index is 0. The van der Waals surface area contributed by atoms with Gasteiger partial charge in [-0.2, -0.15) is 4.57 Å². The monoisotopic (exact) mass is 367 g/mol. The highest BCUT2D eigenvalue weighted by atomic mass is 35.5. The normalized spacial score (nSPS) is 10.5. The van der Waals surface area contributed by atoms with E-state index in [-0.39, 0.29) is 12.4 Å². The predicted octanol–water partition coefficient (Wildman–Crippen LogP) is 0.842. The summed E-state index contributed by atoms with van der Waals surface area (Å²) < 4.78 is 18.5. The first-order valence-electron chi connectivity index (χ1n) is 7.40. The Morgan fingerprint density at radius 2 is 1.71 bits per heavy atom. The molecule has 0 bridgehead atoms. The molecule has 0 radical (unpaired) electrons. The fourth-order valence-electron chi connectivity index (χ4n) is 2.91. The summed E-state index contributed by atoms with van der Waals surface area (Å²) in [7, 11) is 5.21. The Kier molecular flexibility index (Phi) is 5.62. The molecule has 4 nitrogen and oxygen atoms in total. The van der Waals surface area contributed by atoms with Crippen molar-refractivity contribution in [2.75, 3.05) is 20.8 Å². The van der Waals surface area contributed by atoms with Crippen molar-refractivity contribution in [3.8, 4) is 28.5 Å². The number of benzene rings is 1. The van der Waals surface area contributed by atoms with Crippen molar-refractivity contribution >= 4 is 22.5 Å². The van der Waals surface area contributed by atoms with Crippen molar-refractivity contribution < 1.29 is 31.2 Å². The molecule has 128 valence electrons. The lowest BCUT2D eigenvalue weighted by atomic mass is 10.1. The number of aryl methyl sites for hydroxylation is 1. The van der Waals surface area contributed by atoms with Gasteiger partial charge in [0, 0.05) is 6.07 Å². The molecule has 0 saturated heterocycles. The number of fused-ring (bicyclic) bond motifs is 3. The fraction of sp³-hybridized carbons (Fsp3) is 0.278. The Morgan fingerprint density at radius 1 is 1.04 bits per heavy atom. The van der Waals surface area contributed by atoms with Gasteiger partial charge in [-0.05, 0) is 25.1 Å². The van der Waals surface area contributed by atoms with Crippen LogP contribution in [-0.4, -0.2) is 20.8 Å². The van der Waals surface area contributed by atoms with E-state index in [2.05, 4.69) is 4.57 Å². The van der Waals surface area contributed by atoms with Crippen LogP contribution in [0.2, 0.25) is 5.02 Å². The quantitative estimate of drug-likeness (QED) is 0.640. The first-order chi connectivity index (χ1) is 11.1. The van der Waals surface area contributed by atoms with E-state index in [9.17, 15) is 0 Å². The van der Waals surface area contributed by atoms with E-state index in [0.29, 0.717) is 23.1 Å². The van der Waals surface area contributed by atoms with Gasteiger partial charge < -0.3 is 26.6 Å². The Labute approximate surface area is 152 Å². The highest BCUT2D eigenvalue weighted by molar-refractivity contribution is 6.33. The standard InChI is InChI=1S/C18H19ClNO3.ClH/c1-5-23-11-6-7-12-13-9-16(21-3)17(22-4)10-14(19)18(13)20(2)15(12)8-11;/h6-10H,5H2,1-4H3;1H/q+1;/p-1. The lowest BCUT2D eigenvalue weighted by Crippen LogP contribution is -3.00. The number of nitrogens with zero attached hydrogens (tertiary/aromatic N) is 1. The lowest BCUT2D eigenvalue weighted by Gasteiger charge is -2.03. The minimum absolute atomic E-state index is 0. The summed E-state index contributed by atoms with van der Waals surface area (Å²) in [5.74, 6) is 2.09. The molecule has 0 aromatic heterocycles. The Balaban J connectivity index is 0.00000208. The highest BCUT2D eigenvalue weighted by Crippen LogP contribution is 2.40. The molecule has 0 spiro atoms. The van der Waals surface area contributed by atoms with Crippen LogP contribution in [0.4, 0.5) is 0 Å². The number of ether oxygens (including phenoxy) is 3. The first-order valence-corrected chi connectivity index (χ1v) is 7.78. The van der Waals surface area contributed by atoms with Gasteiger partial charge in [-0.1, -0.05) is 11.6 Å². The molecule has 0 unspecified atom stereocenters. The van der Waals surface area contributed by atoms with Crippen LogP contribution in [0, 0.1) is 0 Å². The summed E-state index contributed by atoms with van der Waals surface area (Å²) in [5, 5.41) is 1.70. The zero-order valence-corrected chi connectivity index (χ0v) is 15.5. The van der Waals surface area contributed by atoms with Crippen LogP contribution >= 0.6 is 11.6 Å². The van der Waals surface area contributed by atoms with E-state index in [1.807, 2.05) is 38.2 Å². The number of rotatable bonds is 4. The zero-order valence-electron chi connectivity index (χ0n) is 14.0. The van der Waals surface area contributed by atoms with Crippen LogP contribution in [0.5, 0.6) is 17.2 Å². The van der Waals surface area contributed by atoms with Crippen molar-refractivity contribution in [3.05, 3.63) is 35.4 Å². The maximum absolute atomic E-state index is 6.54. The van der Waals surface area contributed by atoms with Gasteiger partial charge in [-0.15, -0.1) is 0 Å². The van der Waals surface area contributed by atoms with Gasteiger partial charge in [0.2, 0.25) is 11.2 Å². The second-order valence-electron chi connectivity index (χ2n) is 5.21. The molecule has 3 rings (SSSR count). The number of methoxy groups -OCH3 is 2. The van der Waals surface area contributed by atoms with Crippen LogP contribution in [0.3, 0.4) is 0 Å². The molecule has 0 atom stereocenters. The molecule has 0 saturated carbocycles. The van der Waals surface area contributed by atoms with Crippen LogP contribution in [0.25, 0.3) is 22.2 Å². The molecule has 1 aromatic carbocycles. The average molecular weight is 368 g/mol.